The maximum atomic E-state index is 5.62. The molecule has 5 nitrogen and oxygen atoms in total. The Bertz CT molecular complexity index is 291. The Morgan fingerprint density at radius 3 is 1.57 bits per heavy atom. The maximum absolute atomic E-state index is 5.62. The van der Waals surface area contributed by atoms with Crippen molar-refractivity contribution >= 4 is 0 Å². The Labute approximate surface area is 127 Å². The molecule has 1 aliphatic carbocycles. The molecule has 0 spiro atoms. The average Bonchev–Trinajstić information content (AvgIpc) is 2.98. The van der Waals surface area contributed by atoms with E-state index in [1.54, 1.807) is 0 Å². The zero-order valence-corrected chi connectivity index (χ0v) is 12.7. The number of hydrogen-bond donors (Lipinski definition) is 0. The summed E-state index contributed by atoms with van der Waals surface area (Å²) >= 11 is 0. The molecule has 0 atom stereocenters. The minimum absolute atomic E-state index is 0.513. The van der Waals surface area contributed by atoms with E-state index < -0.39 is 0 Å². The van der Waals surface area contributed by atoms with Gasteiger partial charge in [-0.05, 0) is 0 Å². The number of nitrogens with zero attached hydrogens (tertiary/aromatic N) is 1. The summed E-state index contributed by atoms with van der Waals surface area (Å²) in [5.41, 5.74) is 0. The lowest BCUT2D eigenvalue weighted by molar-refractivity contribution is 0.00206. The summed E-state index contributed by atoms with van der Waals surface area (Å²) in [6, 6.07) is 0. The van der Waals surface area contributed by atoms with Gasteiger partial charge in [0.15, 0.2) is 0 Å². The lowest BCUT2D eigenvalue weighted by Gasteiger charge is -2.24. The van der Waals surface area contributed by atoms with Crippen LogP contribution in [0.3, 0.4) is 0 Å². The summed E-state index contributed by atoms with van der Waals surface area (Å²) in [6.07, 6.45) is 8.69. The largest absolute Gasteiger partial charge is 0.378 e. The highest BCUT2D eigenvalue weighted by molar-refractivity contribution is 5.17. The van der Waals surface area contributed by atoms with Crippen LogP contribution in [-0.4, -0.2) is 77.4 Å². The van der Waals surface area contributed by atoms with Gasteiger partial charge in [-0.2, -0.15) is 0 Å². The van der Waals surface area contributed by atoms with Crippen molar-refractivity contribution in [3.8, 4) is 0 Å². The molecule has 1 aliphatic heterocycles. The molecule has 5 heteroatoms. The molecule has 0 saturated carbocycles. The Hall–Kier alpha value is -0.720. The van der Waals surface area contributed by atoms with Crippen LogP contribution >= 0.6 is 0 Å². The van der Waals surface area contributed by atoms with Crippen LogP contribution < -0.4 is 0 Å². The molecule has 0 aromatic rings. The van der Waals surface area contributed by atoms with E-state index in [4.69, 9.17) is 18.9 Å². The molecular weight excluding hydrogens is 270 g/mol. The first kappa shape index (κ1) is 16.6. The van der Waals surface area contributed by atoms with Gasteiger partial charge in [-0.3, -0.25) is 4.90 Å². The predicted molar refractivity (Wildman–Crippen MR) is 81.5 cm³/mol. The van der Waals surface area contributed by atoms with Crippen molar-refractivity contribution < 1.29 is 18.9 Å². The number of rotatable bonds is 2. The molecule has 1 fully saturated rings. The van der Waals surface area contributed by atoms with E-state index in [1.807, 2.05) is 0 Å². The van der Waals surface area contributed by atoms with E-state index in [-0.39, 0.29) is 0 Å². The summed E-state index contributed by atoms with van der Waals surface area (Å²) in [5.74, 6) is 0.513. The first-order valence-corrected chi connectivity index (χ1v) is 7.83. The maximum Gasteiger partial charge on any atom is 0.0701 e. The lowest BCUT2D eigenvalue weighted by atomic mass is 10.1. The van der Waals surface area contributed by atoms with E-state index in [1.165, 1.54) is 0 Å². The Morgan fingerprint density at radius 2 is 1.10 bits per heavy atom. The molecule has 2 rings (SSSR count). The summed E-state index contributed by atoms with van der Waals surface area (Å²) in [6.45, 7) is 8.15. The van der Waals surface area contributed by atoms with Crippen molar-refractivity contribution in [2.75, 3.05) is 72.5 Å². The van der Waals surface area contributed by atoms with Crippen molar-refractivity contribution in [2.45, 2.75) is 0 Å². The minimum atomic E-state index is 0.513. The van der Waals surface area contributed by atoms with Crippen LogP contribution in [-0.2, 0) is 18.9 Å². The van der Waals surface area contributed by atoms with E-state index in [2.05, 4.69) is 29.2 Å². The minimum Gasteiger partial charge on any atom is -0.378 e. The van der Waals surface area contributed by atoms with Gasteiger partial charge in [-0.15, -0.1) is 0 Å². The van der Waals surface area contributed by atoms with Crippen LogP contribution in [0.25, 0.3) is 0 Å². The quantitative estimate of drug-likeness (QED) is 0.763. The molecule has 0 aromatic carbocycles. The molecule has 1 heterocycles. The average molecular weight is 297 g/mol. The highest BCUT2D eigenvalue weighted by Gasteiger charge is 2.11. The standard InChI is InChI=1S/C16H27NO4/c1-2-4-16(3-1)15-17-5-7-18-9-11-20-13-14-21-12-10-19-8-6-17/h1-4,16H,5-15H2. The monoisotopic (exact) mass is 297 g/mol. The van der Waals surface area contributed by atoms with Crippen molar-refractivity contribution in [3.63, 3.8) is 0 Å². The molecule has 0 amide bonds. The second-order valence-corrected chi connectivity index (χ2v) is 5.18. The van der Waals surface area contributed by atoms with E-state index in [0.717, 1.165) is 32.8 Å². The molecule has 0 aromatic heterocycles. The summed E-state index contributed by atoms with van der Waals surface area (Å²) in [5, 5.41) is 0. The topological polar surface area (TPSA) is 40.2 Å². The van der Waals surface area contributed by atoms with Gasteiger partial charge in [-0.1, -0.05) is 24.3 Å². The van der Waals surface area contributed by atoms with Crippen LogP contribution in [0.2, 0.25) is 0 Å². The highest BCUT2D eigenvalue weighted by atomic mass is 16.6. The molecular formula is C16H27NO4. The third-order valence-corrected chi connectivity index (χ3v) is 3.52. The van der Waals surface area contributed by atoms with Crippen molar-refractivity contribution in [1.82, 2.24) is 4.90 Å². The molecule has 0 bridgehead atoms. The van der Waals surface area contributed by atoms with Crippen LogP contribution in [0, 0.1) is 5.92 Å². The number of allylic oxidation sites excluding steroid dienone is 2. The van der Waals surface area contributed by atoms with Gasteiger partial charge in [-0.25, -0.2) is 0 Å². The smallest absolute Gasteiger partial charge is 0.0701 e. The lowest BCUT2D eigenvalue weighted by Crippen LogP contribution is -2.34. The van der Waals surface area contributed by atoms with E-state index in [0.29, 0.717) is 45.6 Å². The Morgan fingerprint density at radius 1 is 0.667 bits per heavy atom. The van der Waals surface area contributed by atoms with E-state index in [9.17, 15) is 0 Å². The molecule has 1 saturated heterocycles. The second kappa shape index (κ2) is 10.9. The van der Waals surface area contributed by atoms with Gasteiger partial charge >= 0.3 is 0 Å². The number of ether oxygens (including phenoxy) is 4. The van der Waals surface area contributed by atoms with Crippen LogP contribution in [0.1, 0.15) is 0 Å². The van der Waals surface area contributed by atoms with Gasteiger partial charge in [0.05, 0.1) is 52.9 Å². The van der Waals surface area contributed by atoms with Crippen molar-refractivity contribution in [2.24, 2.45) is 5.92 Å². The summed E-state index contributed by atoms with van der Waals surface area (Å²) < 4.78 is 22.1. The molecule has 0 N–H and O–H groups in total. The second-order valence-electron chi connectivity index (χ2n) is 5.18. The van der Waals surface area contributed by atoms with Crippen LogP contribution in [0.4, 0.5) is 0 Å². The fraction of sp³-hybridized carbons (Fsp3) is 0.750. The van der Waals surface area contributed by atoms with Gasteiger partial charge in [0.1, 0.15) is 0 Å². The molecule has 2 aliphatic rings. The molecule has 21 heavy (non-hydrogen) atoms. The zero-order valence-electron chi connectivity index (χ0n) is 12.7. The number of hydrogen-bond acceptors (Lipinski definition) is 5. The molecule has 120 valence electrons. The van der Waals surface area contributed by atoms with Gasteiger partial charge in [0, 0.05) is 25.6 Å². The third kappa shape index (κ3) is 7.74. The van der Waals surface area contributed by atoms with Crippen LogP contribution in [0.15, 0.2) is 24.3 Å². The fourth-order valence-electron chi connectivity index (χ4n) is 2.34. The normalized spacial score (nSPS) is 24.8. The van der Waals surface area contributed by atoms with E-state index >= 15 is 0 Å². The highest BCUT2D eigenvalue weighted by Crippen LogP contribution is 2.10. The van der Waals surface area contributed by atoms with Crippen molar-refractivity contribution in [3.05, 3.63) is 24.3 Å². The first-order chi connectivity index (χ1) is 10.4. The first-order valence-electron chi connectivity index (χ1n) is 7.83. The predicted octanol–water partition coefficient (Wildman–Crippen LogP) is 1.11. The Balaban J connectivity index is 1.71. The third-order valence-electron chi connectivity index (χ3n) is 3.52. The van der Waals surface area contributed by atoms with Crippen LogP contribution in [0.5, 0.6) is 0 Å². The van der Waals surface area contributed by atoms with Gasteiger partial charge in [0.2, 0.25) is 0 Å². The summed E-state index contributed by atoms with van der Waals surface area (Å²) in [7, 11) is 0. The Kier molecular flexibility index (Phi) is 8.66. The van der Waals surface area contributed by atoms with Gasteiger partial charge < -0.3 is 18.9 Å². The molecule has 0 radical (unpaired) electrons. The fourth-order valence-corrected chi connectivity index (χ4v) is 2.34. The molecule has 0 unspecified atom stereocenters. The van der Waals surface area contributed by atoms with Crippen molar-refractivity contribution in [1.29, 1.82) is 0 Å². The van der Waals surface area contributed by atoms with Gasteiger partial charge in [0.25, 0.3) is 0 Å². The SMILES string of the molecule is C1=CC(CN2CCOCCOCCOCCOCC2)C=C1. The summed E-state index contributed by atoms with van der Waals surface area (Å²) in [4.78, 5) is 2.39. The zero-order chi connectivity index (χ0) is 14.6.